The van der Waals surface area contributed by atoms with Gasteiger partial charge in [0.05, 0.1) is 11.3 Å². The number of halogens is 3. The fraction of sp³-hybridized carbons (Fsp3) is 0.0339. The monoisotopic (exact) mass is 863 g/mol. The van der Waals surface area contributed by atoms with Crippen LogP contribution in [0.15, 0.2) is 224 Å². The smallest absolute Gasteiger partial charge is 0.416 e. The number of nitrogens with zero attached hydrogens (tertiary/aromatic N) is 1. The summed E-state index contributed by atoms with van der Waals surface area (Å²) in [6, 6.07) is 72.9. The number of rotatable bonds is 12. The van der Waals surface area contributed by atoms with Crippen LogP contribution in [0.25, 0.3) is 60.2 Å². The van der Waals surface area contributed by atoms with Gasteiger partial charge in [0.25, 0.3) is 0 Å². The lowest BCUT2D eigenvalue weighted by molar-refractivity contribution is -0.137. The van der Waals surface area contributed by atoms with E-state index >= 15 is 0 Å². The van der Waals surface area contributed by atoms with Gasteiger partial charge in [0, 0.05) is 39.4 Å². The molecule has 7 heteroatoms. The summed E-state index contributed by atoms with van der Waals surface area (Å²) in [5.41, 5.74) is 12.7. The van der Waals surface area contributed by atoms with Crippen molar-refractivity contribution in [1.29, 1.82) is 5.41 Å². The topological polar surface area (TPSA) is 62.0 Å². The molecular formula is C59H42F3N4-. The Morgan fingerprint density at radius 3 is 1.95 bits per heavy atom. The number of para-hydroxylation sites is 2. The SMILES string of the molecule is N=C(c1cccc(Nc2ccc(-c3cccc(-c4ccccc4Nc4ccccc4)c3)cc2-c2ccccc2)c1)c1ccc2ccccc2c1[N-]Cc1ccc2ccc(C(F)(F)F)cc2c1. The van der Waals surface area contributed by atoms with Gasteiger partial charge in [-0.3, -0.25) is 5.41 Å². The highest BCUT2D eigenvalue weighted by atomic mass is 19.4. The van der Waals surface area contributed by atoms with Gasteiger partial charge in [0.2, 0.25) is 0 Å². The van der Waals surface area contributed by atoms with Crippen molar-refractivity contribution in [3.8, 4) is 33.4 Å². The molecule has 0 fully saturated rings. The summed E-state index contributed by atoms with van der Waals surface area (Å²) in [6.07, 6.45) is -4.43. The molecule has 10 aromatic carbocycles. The molecule has 0 aliphatic heterocycles. The zero-order chi connectivity index (χ0) is 45.0. The quantitative estimate of drug-likeness (QED) is 0.107. The third kappa shape index (κ3) is 8.88. The first-order chi connectivity index (χ1) is 32.2. The molecule has 0 bridgehead atoms. The zero-order valence-electron chi connectivity index (χ0n) is 35.7. The Labute approximate surface area is 381 Å². The maximum Gasteiger partial charge on any atom is 0.416 e. The van der Waals surface area contributed by atoms with Crippen molar-refractivity contribution >= 4 is 55.7 Å². The Bertz CT molecular complexity index is 3380. The summed E-state index contributed by atoms with van der Waals surface area (Å²) in [6.45, 7) is 0.226. The molecule has 10 aromatic rings. The Balaban J connectivity index is 0.944. The van der Waals surface area contributed by atoms with E-state index in [9.17, 15) is 18.6 Å². The lowest BCUT2D eigenvalue weighted by atomic mass is 9.94. The second-order valence-electron chi connectivity index (χ2n) is 16.2. The highest BCUT2D eigenvalue weighted by molar-refractivity contribution is 6.18. The van der Waals surface area contributed by atoms with Crippen LogP contribution in [0.5, 0.6) is 0 Å². The van der Waals surface area contributed by atoms with E-state index in [0.717, 1.165) is 83.9 Å². The van der Waals surface area contributed by atoms with Gasteiger partial charge in [-0.1, -0.05) is 169 Å². The predicted octanol–water partition coefficient (Wildman–Crippen LogP) is 17.1. The molecule has 10 rings (SSSR count). The largest absolute Gasteiger partial charge is 0.680 e. The second kappa shape index (κ2) is 18.0. The number of anilines is 4. The highest BCUT2D eigenvalue weighted by Crippen LogP contribution is 2.40. The molecule has 4 nitrogen and oxygen atoms in total. The minimum Gasteiger partial charge on any atom is -0.680 e. The molecule has 0 aromatic heterocycles. The molecule has 0 spiro atoms. The number of hydrogen-bond acceptors (Lipinski definition) is 3. The third-order valence-corrected chi connectivity index (χ3v) is 11.8. The maximum atomic E-state index is 13.6. The van der Waals surface area contributed by atoms with Gasteiger partial charge in [-0.25, -0.2) is 0 Å². The second-order valence-corrected chi connectivity index (χ2v) is 16.2. The van der Waals surface area contributed by atoms with Gasteiger partial charge >= 0.3 is 6.18 Å². The van der Waals surface area contributed by atoms with E-state index in [1.807, 2.05) is 115 Å². The van der Waals surface area contributed by atoms with E-state index in [4.69, 9.17) is 5.32 Å². The van der Waals surface area contributed by atoms with Crippen LogP contribution >= 0.6 is 0 Å². The molecule has 0 saturated carbocycles. The molecule has 0 heterocycles. The fourth-order valence-electron chi connectivity index (χ4n) is 8.51. The average Bonchev–Trinajstić information content (AvgIpc) is 3.36. The number of alkyl halides is 3. The molecule has 0 radical (unpaired) electrons. The van der Waals surface area contributed by atoms with Crippen molar-refractivity contribution in [2.75, 3.05) is 10.6 Å². The summed E-state index contributed by atoms with van der Waals surface area (Å²) < 4.78 is 40.7. The molecule has 0 saturated heterocycles. The third-order valence-electron chi connectivity index (χ3n) is 11.8. The van der Waals surface area contributed by atoms with Crippen molar-refractivity contribution in [1.82, 2.24) is 0 Å². The molecule has 0 atom stereocenters. The first kappa shape index (κ1) is 41.6. The van der Waals surface area contributed by atoms with E-state index in [2.05, 4.69) is 95.6 Å². The lowest BCUT2D eigenvalue weighted by Gasteiger charge is -2.28. The van der Waals surface area contributed by atoms with Crippen LogP contribution in [-0.4, -0.2) is 5.71 Å². The fourth-order valence-corrected chi connectivity index (χ4v) is 8.51. The van der Waals surface area contributed by atoms with Crippen LogP contribution in [0.2, 0.25) is 0 Å². The summed E-state index contributed by atoms with van der Waals surface area (Å²) in [4.78, 5) is 0. The molecular weight excluding hydrogens is 822 g/mol. The first-order valence-electron chi connectivity index (χ1n) is 21.7. The van der Waals surface area contributed by atoms with Crippen LogP contribution in [-0.2, 0) is 12.7 Å². The van der Waals surface area contributed by atoms with E-state index < -0.39 is 11.7 Å². The number of fused-ring (bicyclic) bond motifs is 2. The van der Waals surface area contributed by atoms with Gasteiger partial charge < -0.3 is 16.0 Å². The van der Waals surface area contributed by atoms with E-state index in [1.165, 1.54) is 12.1 Å². The van der Waals surface area contributed by atoms with E-state index in [0.29, 0.717) is 27.9 Å². The van der Waals surface area contributed by atoms with Crippen LogP contribution in [0, 0.1) is 5.41 Å². The molecule has 0 aliphatic carbocycles. The minimum absolute atomic E-state index is 0.226. The summed E-state index contributed by atoms with van der Waals surface area (Å²) in [5, 5.41) is 25.0. The zero-order valence-corrected chi connectivity index (χ0v) is 35.7. The normalized spacial score (nSPS) is 11.4. The maximum absolute atomic E-state index is 13.6. The van der Waals surface area contributed by atoms with Crippen LogP contribution in [0.3, 0.4) is 0 Å². The molecule has 0 amide bonds. The van der Waals surface area contributed by atoms with Gasteiger partial charge in [-0.05, 0) is 110 Å². The van der Waals surface area contributed by atoms with Gasteiger partial charge in [0.15, 0.2) is 0 Å². The number of benzene rings is 10. The van der Waals surface area contributed by atoms with Crippen molar-refractivity contribution < 1.29 is 13.2 Å². The molecule has 0 unspecified atom stereocenters. The molecule has 0 aliphatic rings. The Morgan fingerprint density at radius 2 is 1.11 bits per heavy atom. The number of nitrogens with one attached hydrogen (secondary N) is 3. The van der Waals surface area contributed by atoms with Crippen molar-refractivity contribution in [2.45, 2.75) is 12.7 Å². The van der Waals surface area contributed by atoms with Crippen molar-refractivity contribution in [3.63, 3.8) is 0 Å². The van der Waals surface area contributed by atoms with E-state index in [1.54, 1.807) is 6.07 Å². The van der Waals surface area contributed by atoms with Crippen LogP contribution < -0.4 is 10.6 Å². The van der Waals surface area contributed by atoms with Crippen LogP contribution in [0.4, 0.5) is 41.6 Å². The predicted molar refractivity (Wildman–Crippen MR) is 268 cm³/mol. The van der Waals surface area contributed by atoms with Gasteiger partial charge in [-0.15, -0.1) is 12.2 Å². The Hall–Kier alpha value is -8.42. The van der Waals surface area contributed by atoms with Crippen molar-refractivity contribution in [3.05, 3.63) is 252 Å². The van der Waals surface area contributed by atoms with Crippen LogP contribution in [0.1, 0.15) is 22.3 Å². The molecule has 3 N–H and O–H groups in total. The summed E-state index contributed by atoms with van der Waals surface area (Å²) in [7, 11) is 0. The Morgan fingerprint density at radius 1 is 0.455 bits per heavy atom. The van der Waals surface area contributed by atoms with Gasteiger partial charge in [0.1, 0.15) is 0 Å². The van der Waals surface area contributed by atoms with Crippen molar-refractivity contribution in [2.24, 2.45) is 0 Å². The average molecular weight is 864 g/mol. The highest BCUT2D eigenvalue weighted by Gasteiger charge is 2.30. The Kier molecular flexibility index (Phi) is 11.3. The van der Waals surface area contributed by atoms with E-state index in [-0.39, 0.29) is 6.54 Å². The summed E-state index contributed by atoms with van der Waals surface area (Å²) >= 11 is 0. The lowest BCUT2D eigenvalue weighted by Crippen LogP contribution is -2.04. The molecule has 320 valence electrons. The van der Waals surface area contributed by atoms with Gasteiger partial charge in [-0.2, -0.15) is 13.2 Å². The standard InChI is InChI=1S/C59H42F3N4/c60-59(61,62)48-30-27-40-26-25-39(33-47(40)35-48)38-64-58-52-23-8-7-15-42(52)28-31-53(58)57(63)46-18-12-21-50(36-46)66-56-32-29-44(37-54(56)41-13-3-1-4-14-41)43-16-11-17-45(34-43)51-22-9-10-24-55(51)65-49-19-5-2-6-20-49/h1-37,63,65-66H,38H2/q-1. The minimum atomic E-state index is -4.43. The summed E-state index contributed by atoms with van der Waals surface area (Å²) in [5.74, 6) is 0. The molecule has 66 heavy (non-hydrogen) atoms. The first-order valence-corrected chi connectivity index (χ1v) is 21.7. The number of hydrogen-bond donors (Lipinski definition) is 3.